The van der Waals surface area contributed by atoms with Gasteiger partial charge in [-0.25, -0.2) is 34.9 Å². The molecule has 0 fully saturated rings. The highest BCUT2D eigenvalue weighted by Crippen LogP contribution is 2.34. The van der Waals surface area contributed by atoms with E-state index < -0.39 is 30.2 Å². The summed E-state index contributed by atoms with van der Waals surface area (Å²) in [7, 11) is 7.63. The van der Waals surface area contributed by atoms with Gasteiger partial charge in [0.2, 0.25) is 0 Å². The van der Waals surface area contributed by atoms with E-state index >= 15 is 0 Å². The zero-order valence-corrected chi connectivity index (χ0v) is 43.3. The predicted molar refractivity (Wildman–Crippen MR) is 286 cm³/mol. The second-order valence-electron chi connectivity index (χ2n) is 18.1. The first-order chi connectivity index (χ1) is 36.2. The number of nitrogens with zero attached hydrogens (tertiary/aromatic N) is 10. The number of imidazole rings is 3. The van der Waals surface area contributed by atoms with Crippen LogP contribution in [0.4, 0.5) is 37.8 Å². The minimum atomic E-state index is -4.48. The van der Waals surface area contributed by atoms with Crippen LogP contribution in [0.15, 0.2) is 128 Å². The van der Waals surface area contributed by atoms with Crippen LogP contribution in [0.2, 0.25) is 0 Å². The lowest BCUT2D eigenvalue weighted by Crippen LogP contribution is -2.14. The van der Waals surface area contributed by atoms with Gasteiger partial charge < -0.3 is 39.0 Å². The quantitative estimate of drug-likeness (QED) is 0.0781. The maximum absolute atomic E-state index is 13.0. The fraction of sp³-hybridized carbons (Fsp3) is 0.304. The van der Waals surface area contributed by atoms with E-state index in [1.165, 1.54) is 36.0 Å². The van der Waals surface area contributed by atoms with Crippen molar-refractivity contribution in [3.05, 3.63) is 162 Å². The average molecular weight is 1070 g/mol. The van der Waals surface area contributed by atoms with Crippen molar-refractivity contribution in [2.75, 3.05) is 32.4 Å². The summed E-state index contributed by atoms with van der Waals surface area (Å²) in [6, 6.07) is 30.6. The molecule has 4 aromatic carbocycles. The largest absolute Gasteiger partial charge is 0.434 e. The second kappa shape index (κ2) is 25.2. The van der Waals surface area contributed by atoms with Crippen molar-refractivity contribution in [2.24, 2.45) is 14.1 Å². The third-order valence-corrected chi connectivity index (χ3v) is 12.0. The number of halogens is 6. The van der Waals surface area contributed by atoms with Crippen molar-refractivity contribution in [3.63, 3.8) is 0 Å². The Labute approximate surface area is 443 Å². The molecule has 0 bridgehead atoms. The van der Waals surface area contributed by atoms with E-state index in [1.54, 1.807) is 57.1 Å². The highest BCUT2D eigenvalue weighted by Gasteiger charge is 2.35. The molecule has 77 heavy (non-hydrogen) atoms. The maximum Gasteiger partial charge on any atom is 0.434 e. The summed E-state index contributed by atoms with van der Waals surface area (Å²) >= 11 is 0. The molecule has 5 aromatic heterocycles. The molecule has 9 aromatic rings. The van der Waals surface area contributed by atoms with Gasteiger partial charge in [0.25, 0.3) is 6.48 Å². The highest BCUT2D eigenvalue weighted by atomic mass is 19.4. The number of nitrogen functional groups attached to an aromatic ring is 1. The molecule has 0 amide bonds. The lowest BCUT2D eigenvalue weighted by Gasteiger charge is -2.14. The molecule has 0 spiro atoms. The number of rotatable bonds is 14. The Balaban J connectivity index is 0.000000220. The van der Waals surface area contributed by atoms with E-state index in [-0.39, 0.29) is 19.1 Å². The Morgan fingerprint density at radius 3 is 1.48 bits per heavy atom. The average Bonchev–Trinajstić information content (AvgIpc) is 4.14. The molecule has 0 unspecified atom stereocenters. The van der Waals surface area contributed by atoms with Crippen LogP contribution in [0.1, 0.15) is 80.6 Å². The van der Waals surface area contributed by atoms with Gasteiger partial charge in [-0.05, 0) is 34.1 Å². The lowest BCUT2D eigenvalue weighted by atomic mass is 9.97. The molecule has 0 aliphatic carbocycles. The number of fused-ring (bicyclic) bond motifs is 1. The number of methoxy groups -OCH3 is 3. The monoisotopic (exact) mass is 1060 g/mol. The van der Waals surface area contributed by atoms with Crippen molar-refractivity contribution in [1.29, 1.82) is 0 Å². The number of hydrogen-bond acceptors (Lipinski definition) is 12. The van der Waals surface area contributed by atoms with Gasteiger partial charge >= 0.3 is 12.4 Å². The molecule has 0 radical (unpaired) electrons. The van der Waals surface area contributed by atoms with E-state index in [0.29, 0.717) is 64.7 Å². The maximum atomic E-state index is 13.0. The minimum Gasteiger partial charge on any atom is -0.394 e. The number of benzene rings is 4. The number of hydrogen-bond donors (Lipinski definition) is 2. The summed E-state index contributed by atoms with van der Waals surface area (Å²) in [6.07, 6.45) is -1.94. The Hall–Kier alpha value is -8.01. The Morgan fingerprint density at radius 2 is 1.04 bits per heavy atom. The van der Waals surface area contributed by atoms with Crippen molar-refractivity contribution in [1.82, 2.24) is 48.6 Å². The molecule has 9 rings (SSSR count). The summed E-state index contributed by atoms with van der Waals surface area (Å²) in [5, 5.41) is 3.24. The Morgan fingerprint density at radius 1 is 0.584 bits per heavy atom. The number of nitrogens with one attached hydrogen (secondary N) is 1. The summed E-state index contributed by atoms with van der Waals surface area (Å²) in [5.41, 5.74) is 13.5. The van der Waals surface area contributed by atoms with E-state index in [1.807, 2.05) is 65.2 Å². The predicted octanol–water partition coefficient (Wildman–Crippen LogP) is 12.8. The van der Waals surface area contributed by atoms with Gasteiger partial charge in [0.1, 0.15) is 17.2 Å². The van der Waals surface area contributed by atoms with E-state index in [0.717, 1.165) is 45.9 Å². The molecule has 0 atom stereocenters. The fourth-order valence-electron chi connectivity index (χ4n) is 8.12. The van der Waals surface area contributed by atoms with Gasteiger partial charge in [-0.1, -0.05) is 132 Å². The first-order valence-corrected chi connectivity index (χ1v) is 23.9. The van der Waals surface area contributed by atoms with Gasteiger partial charge in [-0.15, -0.1) is 0 Å². The van der Waals surface area contributed by atoms with Crippen LogP contribution < -0.4 is 11.1 Å². The van der Waals surface area contributed by atoms with Crippen LogP contribution in [-0.2, 0) is 53.7 Å². The van der Waals surface area contributed by atoms with Crippen molar-refractivity contribution >= 4 is 22.7 Å². The summed E-state index contributed by atoms with van der Waals surface area (Å²) in [6.45, 7) is 8.94. The first kappa shape index (κ1) is 58.3. The molecular formula is C56H62F6N12O3. The Bertz CT molecular complexity index is 3340. The highest BCUT2D eigenvalue weighted by molar-refractivity contribution is 5.74. The van der Waals surface area contributed by atoms with Crippen molar-refractivity contribution in [2.45, 2.75) is 78.9 Å². The summed E-state index contributed by atoms with van der Waals surface area (Å²) < 4.78 is 96.4. The normalized spacial score (nSPS) is 11.6. The molecule has 406 valence electrons. The van der Waals surface area contributed by atoms with Crippen LogP contribution in [0, 0.1) is 0 Å². The third-order valence-electron chi connectivity index (χ3n) is 12.0. The molecule has 0 saturated carbocycles. The smallest absolute Gasteiger partial charge is 0.394 e. The fourth-order valence-corrected chi connectivity index (χ4v) is 8.12. The Kier molecular flexibility index (Phi) is 19.1. The SMILES string of the molecule is C.CC(C)c1ccccc1-c1ncc(N)c(NCc2ccc(-c3nc(C(F)(F)F)cn3C)cc2)n1.CC(C)c1ccccc1-c1ncc2ncn(Cc3ccc(-c4nc(C(F)(F)F)cn4C)cc3)c2n1.COC(OC)OC. The van der Waals surface area contributed by atoms with Crippen LogP contribution in [0.5, 0.6) is 0 Å². The van der Waals surface area contributed by atoms with E-state index in [4.69, 9.17) is 10.7 Å². The van der Waals surface area contributed by atoms with Gasteiger partial charge in [0, 0.05) is 76.6 Å². The van der Waals surface area contributed by atoms with Gasteiger partial charge in [-0.2, -0.15) is 26.3 Å². The number of anilines is 2. The number of aryl methyl sites for hydroxylation is 2. The second-order valence-corrected chi connectivity index (χ2v) is 18.1. The minimum absolute atomic E-state index is 0. The van der Waals surface area contributed by atoms with Crippen molar-refractivity contribution in [3.8, 4) is 45.6 Å². The van der Waals surface area contributed by atoms with Gasteiger partial charge in [0.15, 0.2) is 34.5 Å². The topological polar surface area (TPSA) is 171 Å². The zero-order valence-electron chi connectivity index (χ0n) is 43.3. The standard InChI is InChI=1S/C26H23F3N6.C25H25F3N6.C4H10O3.CH4/c1-16(2)19-6-4-5-7-20(19)23-30-12-21-25(33-23)35(15-31-21)13-17-8-10-18(11-9-17)24-32-22(14-34(24)3)26(27,28)29;1-15(2)18-6-4-5-7-19(18)22-31-13-20(29)23(33-22)30-12-16-8-10-17(11-9-16)24-32-21(14-34(24)3)25(26,27)28;1-5-4(6-2)7-3;/h4-12,14-16H,13H2,1-3H3;4-11,13-15H,12,29H2,1-3H3,(H,30,31,33);4H,1-3H3;1H4. The third kappa shape index (κ3) is 14.3. The lowest BCUT2D eigenvalue weighted by molar-refractivity contribution is -0.252. The van der Waals surface area contributed by atoms with Gasteiger partial charge in [-0.3, -0.25) is 0 Å². The molecule has 0 saturated heterocycles. The number of aromatic nitrogens is 10. The number of nitrogens with two attached hydrogens (primary N) is 1. The molecule has 5 heterocycles. The van der Waals surface area contributed by atoms with E-state index in [2.05, 4.69) is 89.3 Å². The van der Waals surface area contributed by atoms with E-state index in [9.17, 15) is 26.3 Å². The zero-order chi connectivity index (χ0) is 54.9. The van der Waals surface area contributed by atoms with Crippen LogP contribution >= 0.6 is 0 Å². The molecule has 3 N–H and O–H groups in total. The summed E-state index contributed by atoms with van der Waals surface area (Å²) in [5.74, 6) is 2.92. The van der Waals surface area contributed by atoms with Crippen LogP contribution in [0.3, 0.4) is 0 Å². The number of alkyl halides is 6. The van der Waals surface area contributed by atoms with Crippen molar-refractivity contribution < 1.29 is 40.6 Å². The molecule has 15 nitrogen and oxygen atoms in total. The number of ether oxygens (including phenoxy) is 3. The molecule has 0 aliphatic rings. The summed E-state index contributed by atoms with van der Waals surface area (Å²) in [4.78, 5) is 30.3. The van der Waals surface area contributed by atoms with Gasteiger partial charge in [0.05, 0.1) is 31.0 Å². The first-order valence-electron chi connectivity index (χ1n) is 23.9. The molecule has 0 aliphatic heterocycles. The molecular weight excluding hydrogens is 1000 g/mol. The van der Waals surface area contributed by atoms with Crippen LogP contribution in [0.25, 0.3) is 56.7 Å². The van der Waals surface area contributed by atoms with Crippen LogP contribution in [-0.4, -0.2) is 76.4 Å². The molecule has 21 heteroatoms.